The van der Waals surface area contributed by atoms with Crippen LogP contribution in [0.4, 0.5) is 0 Å². The Labute approximate surface area is 152 Å². The summed E-state index contributed by atoms with van der Waals surface area (Å²) in [4.78, 5) is 36.0. The molecule has 0 aliphatic heterocycles. The lowest BCUT2D eigenvalue weighted by Gasteiger charge is -2.16. The van der Waals surface area contributed by atoms with Crippen LogP contribution in [0.2, 0.25) is 0 Å². The lowest BCUT2D eigenvalue weighted by Crippen LogP contribution is -2.48. The van der Waals surface area contributed by atoms with Crippen molar-refractivity contribution >= 4 is 27.9 Å². The van der Waals surface area contributed by atoms with E-state index in [1.807, 2.05) is 0 Å². The van der Waals surface area contributed by atoms with Crippen LogP contribution < -0.4 is 5.32 Å². The number of amides is 1. The predicted octanol–water partition coefficient (Wildman–Crippen LogP) is 0.162. The van der Waals surface area contributed by atoms with Gasteiger partial charge in [0.15, 0.2) is 0 Å². The van der Waals surface area contributed by atoms with Crippen molar-refractivity contribution in [3.8, 4) is 0 Å². The van der Waals surface area contributed by atoms with Gasteiger partial charge in [-0.3, -0.25) is 4.79 Å². The van der Waals surface area contributed by atoms with Gasteiger partial charge in [0.2, 0.25) is 16.1 Å². The van der Waals surface area contributed by atoms with E-state index in [2.05, 4.69) is 5.32 Å². The highest BCUT2D eigenvalue weighted by Crippen LogP contribution is 2.14. The summed E-state index contributed by atoms with van der Waals surface area (Å²) in [5.41, 5.74) is 0.0707. The Bertz CT molecular complexity index is 739. The SMILES string of the molecule is CCOC(=O)C(NC(=O)c1ccc(S(=O)(=O)N(C)C)cc1)C(=O)OCC. The number of hydrogen-bond acceptors (Lipinski definition) is 7. The summed E-state index contributed by atoms with van der Waals surface area (Å²) < 4.78 is 34.6. The third-order valence-electron chi connectivity index (χ3n) is 3.22. The van der Waals surface area contributed by atoms with Gasteiger partial charge in [0, 0.05) is 19.7 Å². The van der Waals surface area contributed by atoms with E-state index in [0.29, 0.717) is 0 Å². The van der Waals surface area contributed by atoms with Gasteiger partial charge in [-0.15, -0.1) is 0 Å². The molecule has 0 radical (unpaired) electrons. The molecule has 0 fully saturated rings. The molecule has 0 atom stereocenters. The second-order valence-electron chi connectivity index (χ2n) is 5.22. The van der Waals surface area contributed by atoms with Crippen molar-refractivity contribution in [1.29, 1.82) is 0 Å². The van der Waals surface area contributed by atoms with E-state index in [1.54, 1.807) is 13.8 Å². The predicted molar refractivity (Wildman–Crippen MR) is 91.8 cm³/mol. The second kappa shape index (κ2) is 9.30. The molecule has 0 heterocycles. The number of nitrogens with zero attached hydrogens (tertiary/aromatic N) is 1. The molecule has 0 saturated heterocycles. The molecule has 0 aliphatic carbocycles. The van der Waals surface area contributed by atoms with Crippen LogP contribution in [0.5, 0.6) is 0 Å². The molecule has 0 unspecified atom stereocenters. The van der Waals surface area contributed by atoms with Crippen LogP contribution in [-0.2, 0) is 29.1 Å². The molecule has 1 N–H and O–H groups in total. The summed E-state index contributed by atoms with van der Waals surface area (Å²) in [6, 6.07) is 3.47. The van der Waals surface area contributed by atoms with E-state index in [0.717, 1.165) is 4.31 Å². The van der Waals surface area contributed by atoms with E-state index in [-0.39, 0.29) is 23.7 Å². The van der Waals surface area contributed by atoms with Crippen molar-refractivity contribution in [2.24, 2.45) is 0 Å². The Kier molecular flexibility index (Phi) is 7.72. The molecule has 1 rings (SSSR count). The van der Waals surface area contributed by atoms with Crippen molar-refractivity contribution in [2.75, 3.05) is 27.3 Å². The fourth-order valence-corrected chi connectivity index (χ4v) is 2.77. The minimum atomic E-state index is -3.63. The highest BCUT2D eigenvalue weighted by Gasteiger charge is 2.31. The Morgan fingerprint density at radius 1 is 1.00 bits per heavy atom. The van der Waals surface area contributed by atoms with E-state index >= 15 is 0 Å². The average molecular weight is 386 g/mol. The van der Waals surface area contributed by atoms with E-state index in [9.17, 15) is 22.8 Å². The molecule has 0 saturated carbocycles. The van der Waals surface area contributed by atoms with E-state index in [1.165, 1.54) is 38.4 Å². The highest BCUT2D eigenvalue weighted by molar-refractivity contribution is 7.89. The van der Waals surface area contributed by atoms with Crippen LogP contribution in [0.25, 0.3) is 0 Å². The van der Waals surface area contributed by atoms with E-state index in [4.69, 9.17) is 9.47 Å². The van der Waals surface area contributed by atoms with Crippen molar-refractivity contribution in [3.63, 3.8) is 0 Å². The average Bonchev–Trinajstić information content (AvgIpc) is 2.59. The van der Waals surface area contributed by atoms with Gasteiger partial charge in [0.1, 0.15) is 0 Å². The number of sulfonamides is 1. The Morgan fingerprint density at radius 3 is 1.85 bits per heavy atom. The summed E-state index contributed by atoms with van der Waals surface area (Å²) >= 11 is 0. The van der Waals surface area contributed by atoms with Crippen molar-refractivity contribution in [3.05, 3.63) is 29.8 Å². The smallest absolute Gasteiger partial charge is 0.340 e. The van der Waals surface area contributed by atoms with Gasteiger partial charge >= 0.3 is 11.9 Å². The lowest BCUT2D eigenvalue weighted by atomic mass is 10.2. The number of nitrogens with one attached hydrogen (secondary N) is 1. The molecule has 10 heteroatoms. The number of hydrogen-bond donors (Lipinski definition) is 1. The molecule has 9 nitrogen and oxygen atoms in total. The van der Waals surface area contributed by atoms with E-state index < -0.39 is 33.9 Å². The maximum absolute atomic E-state index is 12.3. The van der Waals surface area contributed by atoms with Gasteiger partial charge in [0.05, 0.1) is 18.1 Å². The number of carbonyl (C=O) groups is 3. The Morgan fingerprint density at radius 2 is 1.46 bits per heavy atom. The van der Waals surface area contributed by atoms with Crippen LogP contribution >= 0.6 is 0 Å². The summed E-state index contributed by atoms with van der Waals surface area (Å²) in [6.45, 7) is 3.18. The maximum atomic E-state index is 12.3. The largest absolute Gasteiger partial charge is 0.464 e. The van der Waals surface area contributed by atoms with Gasteiger partial charge < -0.3 is 14.8 Å². The summed E-state index contributed by atoms with van der Waals surface area (Å²) in [5, 5.41) is 2.24. The van der Waals surface area contributed by atoms with Gasteiger partial charge in [-0.2, -0.15) is 0 Å². The third kappa shape index (κ3) is 5.27. The minimum absolute atomic E-state index is 0.00591. The fraction of sp³-hybridized carbons (Fsp3) is 0.438. The molecule has 144 valence electrons. The molecule has 0 aliphatic rings. The zero-order valence-corrected chi connectivity index (χ0v) is 15.8. The molecular weight excluding hydrogens is 364 g/mol. The molecule has 0 aromatic heterocycles. The first-order valence-corrected chi connectivity index (χ1v) is 9.25. The van der Waals surface area contributed by atoms with Gasteiger partial charge in [-0.05, 0) is 38.1 Å². The zero-order chi connectivity index (χ0) is 19.9. The summed E-state index contributed by atoms with van der Waals surface area (Å²) in [5.74, 6) is -2.62. The van der Waals surface area contributed by atoms with Crippen molar-refractivity contribution in [1.82, 2.24) is 9.62 Å². The molecular formula is C16H22N2O7S. The molecule has 1 amide bonds. The molecule has 1 aromatic rings. The van der Waals surface area contributed by atoms with Crippen LogP contribution in [0.15, 0.2) is 29.2 Å². The van der Waals surface area contributed by atoms with Gasteiger partial charge in [0.25, 0.3) is 5.91 Å². The molecule has 26 heavy (non-hydrogen) atoms. The minimum Gasteiger partial charge on any atom is -0.464 e. The summed E-state index contributed by atoms with van der Waals surface area (Å²) in [6.07, 6.45) is 0. The molecule has 1 aromatic carbocycles. The Hall–Kier alpha value is -2.46. The monoisotopic (exact) mass is 386 g/mol. The van der Waals surface area contributed by atoms with Gasteiger partial charge in [-0.25, -0.2) is 22.3 Å². The number of carbonyl (C=O) groups excluding carboxylic acids is 3. The maximum Gasteiger partial charge on any atom is 0.340 e. The second-order valence-corrected chi connectivity index (χ2v) is 7.37. The van der Waals surface area contributed by atoms with Crippen LogP contribution in [-0.4, -0.2) is 63.9 Å². The standard InChI is InChI=1S/C16H22N2O7S/c1-5-24-15(20)13(16(21)25-6-2)17-14(19)11-7-9-12(10-8-11)26(22,23)18(3)4/h7-10,13H,5-6H2,1-4H3,(H,17,19). The fourth-order valence-electron chi connectivity index (χ4n) is 1.87. The third-order valence-corrected chi connectivity index (χ3v) is 5.04. The first-order valence-electron chi connectivity index (χ1n) is 7.81. The van der Waals surface area contributed by atoms with Crippen molar-refractivity contribution in [2.45, 2.75) is 24.8 Å². The van der Waals surface area contributed by atoms with Crippen molar-refractivity contribution < 1.29 is 32.3 Å². The number of esters is 2. The lowest BCUT2D eigenvalue weighted by molar-refractivity contribution is -0.157. The zero-order valence-electron chi connectivity index (χ0n) is 15.0. The molecule has 0 spiro atoms. The number of benzene rings is 1. The normalized spacial score (nSPS) is 11.3. The topological polar surface area (TPSA) is 119 Å². The van der Waals surface area contributed by atoms with Crippen LogP contribution in [0.1, 0.15) is 24.2 Å². The molecule has 0 bridgehead atoms. The summed E-state index contributed by atoms with van der Waals surface area (Å²) in [7, 11) is -0.854. The first-order chi connectivity index (χ1) is 12.1. The number of ether oxygens (including phenoxy) is 2. The van der Waals surface area contributed by atoms with Crippen LogP contribution in [0, 0.1) is 0 Å². The Balaban J connectivity index is 2.99. The quantitative estimate of drug-likeness (QED) is 0.499. The van der Waals surface area contributed by atoms with Gasteiger partial charge in [-0.1, -0.05) is 0 Å². The highest BCUT2D eigenvalue weighted by atomic mass is 32.2. The first kappa shape index (κ1) is 21.6. The van der Waals surface area contributed by atoms with Crippen LogP contribution in [0.3, 0.4) is 0 Å². The number of rotatable bonds is 8.